The van der Waals surface area contributed by atoms with Gasteiger partial charge >= 0.3 is 0 Å². The number of nitrogens with zero attached hydrogens (tertiary/aromatic N) is 2. The summed E-state index contributed by atoms with van der Waals surface area (Å²) >= 11 is 0. The Morgan fingerprint density at radius 1 is 1.44 bits per heavy atom. The lowest BCUT2D eigenvalue weighted by Crippen LogP contribution is -2.34. The molecule has 0 aliphatic heterocycles. The van der Waals surface area contributed by atoms with E-state index in [2.05, 4.69) is 37.7 Å². The third kappa shape index (κ3) is 2.77. The summed E-state index contributed by atoms with van der Waals surface area (Å²) in [4.78, 5) is 0. The summed E-state index contributed by atoms with van der Waals surface area (Å²) in [5, 5.41) is 4.77. The highest BCUT2D eigenvalue weighted by molar-refractivity contribution is 5.04. The minimum absolute atomic E-state index is 0.162. The van der Waals surface area contributed by atoms with Crippen LogP contribution in [0.15, 0.2) is 12.3 Å². The van der Waals surface area contributed by atoms with Crippen LogP contribution in [0.2, 0.25) is 0 Å². The molecule has 1 aliphatic rings. The molecule has 0 amide bonds. The Hall–Kier alpha value is -0.830. The molecule has 0 spiro atoms. The van der Waals surface area contributed by atoms with E-state index in [9.17, 15) is 0 Å². The van der Waals surface area contributed by atoms with Crippen LogP contribution >= 0.6 is 0 Å². The predicted molar refractivity (Wildman–Crippen MR) is 75.4 cm³/mol. The molecule has 0 radical (unpaired) electrons. The quantitative estimate of drug-likeness (QED) is 0.871. The Balaban J connectivity index is 2.05. The van der Waals surface area contributed by atoms with Crippen molar-refractivity contribution in [3.05, 3.63) is 18.0 Å². The molecular weight excluding hydrogens is 222 g/mol. The summed E-state index contributed by atoms with van der Waals surface area (Å²) in [6.07, 6.45) is 8.43. The van der Waals surface area contributed by atoms with Gasteiger partial charge in [-0.3, -0.25) is 4.68 Å². The van der Waals surface area contributed by atoms with Gasteiger partial charge in [0.1, 0.15) is 0 Å². The zero-order valence-corrected chi connectivity index (χ0v) is 12.0. The first-order chi connectivity index (χ1) is 8.55. The van der Waals surface area contributed by atoms with Crippen LogP contribution in [-0.4, -0.2) is 16.3 Å². The van der Waals surface area contributed by atoms with E-state index in [1.54, 1.807) is 0 Å². The van der Waals surface area contributed by atoms with E-state index in [-0.39, 0.29) is 5.41 Å². The van der Waals surface area contributed by atoms with Gasteiger partial charge in [-0.15, -0.1) is 0 Å². The summed E-state index contributed by atoms with van der Waals surface area (Å²) in [6.45, 7) is 7.49. The van der Waals surface area contributed by atoms with Crippen molar-refractivity contribution in [1.29, 1.82) is 0 Å². The molecule has 102 valence electrons. The average molecular weight is 249 g/mol. The first-order valence-corrected chi connectivity index (χ1v) is 7.29. The first-order valence-electron chi connectivity index (χ1n) is 7.29. The summed E-state index contributed by atoms with van der Waals surface area (Å²) in [5.74, 6) is 0.583. The predicted octanol–water partition coefficient (Wildman–Crippen LogP) is 3.16. The smallest absolute Gasteiger partial charge is 0.0630 e. The summed E-state index contributed by atoms with van der Waals surface area (Å²) < 4.78 is 2.18. The molecule has 1 unspecified atom stereocenters. The Morgan fingerprint density at radius 2 is 2.11 bits per heavy atom. The van der Waals surface area contributed by atoms with Gasteiger partial charge < -0.3 is 5.73 Å². The minimum atomic E-state index is 0.162. The van der Waals surface area contributed by atoms with Crippen molar-refractivity contribution < 1.29 is 0 Å². The molecule has 1 atom stereocenters. The van der Waals surface area contributed by atoms with Crippen LogP contribution in [-0.2, 0) is 6.42 Å². The van der Waals surface area contributed by atoms with E-state index < -0.39 is 0 Å². The van der Waals surface area contributed by atoms with Gasteiger partial charge in [-0.25, -0.2) is 0 Å². The van der Waals surface area contributed by atoms with Crippen LogP contribution in [0.5, 0.6) is 0 Å². The lowest BCUT2D eigenvalue weighted by atomic mass is 9.75. The Bertz CT molecular complexity index is 377. The van der Waals surface area contributed by atoms with E-state index in [0.717, 1.165) is 13.0 Å². The summed E-state index contributed by atoms with van der Waals surface area (Å²) in [5.41, 5.74) is 7.31. The van der Waals surface area contributed by atoms with Crippen molar-refractivity contribution >= 4 is 0 Å². The normalized spacial score (nSPS) is 20.5. The van der Waals surface area contributed by atoms with Gasteiger partial charge in [-0.1, -0.05) is 33.6 Å². The molecule has 3 nitrogen and oxygen atoms in total. The van der Waals surface area contributed by atoms with Crippen LogP contribution in [0.1, 0.15) is 58.2 Å². The SMILES string of the molecule is CC(C)C(C)(CN)Cc1ccn(C2CCCC2)n1. The lowest BCUT2D eigenvalue weighted by Gasteiger charge is -2.31. The van der Waals surface area contributed by atoms with E-state index >= 15 is 0 Å². The second kappa shape index (κ2) is 5.43. The van der Waals surface area contributed by atoms with Gasteiger partial charge in [0.25, 0.3) is 0 Å². The molecule has 1 heterocycles. The molecule has 1 aromatic heterocycles. The van der Waals surface area contributed by atoms with Gasteiger partial charge in [-0.2, -0.15) is 5.10 Å². The zero-order chi connectivity index (χ0) is 13.2. The fourth-order valence-electron chi connectivity index (χ4n) is 2.77. The van der Waals surface area contributed by atoms with Crippen molar-refractivity contribution in [2.75, 3.05) is 6.54 Å². The van der Waals surface area contributed by atoms with Crippen molar-refractivity contribution in [3.63, 3.8) is 0 Å². The van der Waals surface area contributed by atoms with Crippen molar-refractivity contribution in [2.45, 2.75) is 58.9 Å². The van der Waals surface area contributed by atoms with Crippen molar-refractivity contribution in [3.8, 4) is 0 Å². The molecule has 18 heavy (non-hydrogen) atoms. The van der Waals surface area contributed by atoms with E-state index in [1.165, 1.54) is 31.4 Å². The Labute approximate surface area is 111 Å². The molecule has 0 saturated heterocycles. The first kappa shape index (κ1) is 13.6. The molecule has 3 heteroatoms. The van der Waals surface area contributed by atoms with Crippen LogP contribution in [0.3, 0.4) is 0 Å². The van der Waals surface area contributed by atoms with Gasteiger partial charge in [0.05, 0.1) is 11.7 Å². The lowest BCUT2D eigenvalue weighted by molar-refractivity contribution is 0.224. The topological polar surface area (TPSA) is 43.8 Å². The van der Waals surface area contributed by atoms with Crippen LogP contribution < -0.4 is 5.73 Å². The molecule has 1 saturated carbocycles. The van der Waals surface area contributed by atoms with Crippen molar-refractivity contribution in [1.82, 2.24) is 9.78 Å². The summed E-state index contributed by atoms with van der Waals surface area (Å²) in [7, 11) is 0. The highest BCUT2D eigenvalue weighted by Crippen LogP contribution is 2.31. The number of rotatable bonds is 5. The molecule has 1 aliphatic carbocycles. The maximum atomic E-state index is 5.95. The van der Waals surface area contributed by atoms with Gasteiger partial charge in [-0.05, 0) is 43.2 Å². The Morgan fingerprint density at radius 3 is 2.67 bits per heavy atom. The fourth-order valence-corrected chi connectivity index (χ4v) is 2.77. The van der Waals surface area contributed by atoms with Gasteiger partial charge in [0.2, 0.25) is 0 Å². The largest absolute Gasteiger partial charge is 0.330 e. The van der Waals surface area contributed by atoms with Crippen LogP contribution in [0, 0.1) is 11.3 Å². The standard InChI is InChI=1S/C15H27N3/c1-12(2)15(3,11-16)10-13-8-9-18(17-13)14-6-4-5-7-14/h8-9,12,14H,4-7,10-11,16H2,1-3H3. The number of hydrogen-bond acceptors (Lipinski definition) is 2. The maximum absolute atomic E-state index is 5.95. The van der Waals surface area contributed by atoms with Gasteiger partial charge in [0.15, 0.2) is 0 Å². The molecule has 2 rings (SSSR count). The molecule has 0 aromatic carbocycles. The van der Waals surface area contributed by atoms with Crippen molar-refractivity contribution in [2.24, 2.45) is 17.1 Å². The minimum Gasteiger partial charge on any atom is -0.330 e. The molecule has 1 aromatic rings. The van der Waals surface area contributed by atoms with E-state index in [0.29, 0.717) is 12.0 Å². The Kier molecular flexibility index (Phi) is 4.10. The molecule has 0 bridgehead atoms. The number of hydrogen-bond donors (Lipinski definition) is 1. The summed E-state index contributed by atoms with van der Waals surface area (Å²) in [6, 6.07) is 2.82. The molecular formula is C15H27N3. The maximum Gasteiger partial charge on any atom is 0.0630 e. The monoisotopic (exact) mass is 249 g/mol. The third-order valence-corrected chi connectivity index (χ3v) is 4.81. The zero-order valence-electron chi connectivity index (χ0n) is 12.0. The number of aromatic nitrogens is 2. The molecule has 2 N–H and O–H groups in total. The fraction of sp³-hybridized carbons (Fsp3) is 0.800. The highest BCUT2D eigenvalue weighted by atomic mass is 15.3. The highest BCUT2D eigenvalue weighted by Gasteiger charge is 2.28. The average Bonchev–Trinajstić information content (AvgIpc) is 2.97. The molecule has 1 fully saturated rings. The second-order valence-corrected chi connectivity index (χ2v) is 6.41. The third-order valence-electron chi connectivity index (χ3n) is 4.81. The van der Waals surface area contributed by atoms with Gasteiger partial charge in [0, 0.05) is 6.20 Å². The van der Waals surface area contributed by atoms with E-state index in [4.69, 9.17) is 10.8 Å². The van der Waals surface area contributed by atoms with Crippen LogP contribution in [0.25, 0.3) is 0 Å². The number of nitrogens with two attached hydrogens (primary N) is 1. The van der Waals surface area contributed by atoms with Crippen LogP contribution in [0.4, 0.5) is 0 Å². The van der Waals surface area contributed by atoms with E-state index in [1.807, 2.05) is 0 Å². The second-order valence-electron chi connectivity index (χ2n) is 6.41.